The maximum Gasteiger partial charge on any atom is 0.322 e. The van der Waals surface area contributed by atoms with Gasteiger partial charge >= 0.3 is 6.03 Å². The lowest BCUT2D eigenvalue weighted by Crippen LogP contribution is -2.50. The average molecular weight is 369 g/mol. The number of benzene rings is 2. The van der Waals surface area contributed by atoms with Crippen LogP contribution in [0.25, 0.3) is 0 Å². The van der Waals surface area contributed by atoms with Crippen LogP contribution in [0.3, 0.4) is 0 Å². The number of anilines is 2. The summed E-state index contributed by atoms with van der Waals surface area (Å²) in [7, 11) is 3.18. The van der Waals surface area contributed by atoms with Gasteiger partial charge in [0.1, 0.15) is 11.5 Å². The van der Waals surface area contributed by atoms with Gasteiger partial charge in [0.05, 0.1) is 19.9 Å². The quantitative estimate of drug-likeness (QED) is 0.875. The number of ether oxygens (including phenoxy) is 2. The lowest BCUT2D eigenvalue weighted by atomic mass is 10.1. The highest BCUT2D eigenvalue weighted by Crippen LogP contribution is 2.29. The van der Waals surface area contributed by atoms with Gasteiger partial charge < -0.3 is 24.6 Å². The van der Waals surface area contributed by atoms with Crippen LogP contribution in [0.5, 0.6) is 11.5 Å². The van der Waals surface area contributed by atoms with E-state index in [0.29, 0.717) is 30.3 Å². The Bertz CT molecular complexity index is 786. The summed E-state index contributed by atoms with van der Waals surface area (Å²) in [5.74, 6) is 1.28. The molecule has 0 bridgehead atoms. The highest BCUT2D eigenvalue weighted by molar-refractivity contribution is 5.91. The van der Waals surface area contributed by atoms with Gasteiger partial charge in [0.25, 0.3) is 0 Å². The smallest absolute Gasteiger partial charge is 0.322 e. The molecular weight excluding hydrogens is 342 g/mol. The molecule has 1 heterocycles. The van der Waals surface area contributed by atoms with Crippen molar-refractivity contribution >= 4 is 17.4 Å². The molecule has 3 rings (SSSR count). The van der Waals surface area contributed by atoms with Crippen molar-refractivity contribution in [3.63, 3.8) is 0 Å². The number of nitrogens with zero attached hydrogens (tertiary/aromatic N) is 2. The number of rotatable bonds is 5. The molecule has 1 saturated heterocycles. The van der Waals surface area contributed by atoms with Gasteiger partial charge in [-0.3, -0.25) is 0 Å². The van der Waals surface area contributed by atoms with Crippen LogP contribution < -0.4 is 19.7 Å². The van der Waals surface area contributed by atoms with E-state index in [0.717, 1.165) is 19.5 Å². The van der Waals surface area contributed by atoms with Gasteiger partial charge in [-0.25, -0.2) is 4.79 Å². The maximum absolute atomic E-state index is 12.7. The molecule has 0 spiro atoms. The fourth-order valence-corrected chi connectivity index (χ4v) is 3.37. The number of aryl methyl sites for hydroxylation is 1. The fraction of sp³-hybridized carbons (Fsp3) is 0.381. The molecule has 6 nitrogen and oxygen atoms in total. The summed E-state index contributed by atoms with van der Waals surface area (Å²) in [4.78, 5) is 16.9. The SMILES string of the molecule is CCc1ccccc1N1CCN(C(=O)Nc2cc(OC)ccc2OC)CC1. The molecule has 0 aromatic heterocycles. The minimum Gasteiger partial charge on any atom is -0.497 e. The first-order valence-electron chi connectivity index (χ1n) is 9.27. The number of carbonyl (C=O) groups is 1. The number of carbonyl (C=O) groups excluding carboxylic acids is 1. The zero-order valence-corrected chi connectivity index (χ0v) is 16.2. The minimum absolute atomic E-state index is 0.120. The zero-order valence-electron chi connectivity index (χ0n) is 16.2. The largest absolute Gasteiger partial charge is 0.497 e. The molecule has 2 aromatic carbocycles. The Morgan fingerprint density at radius 1 is 1.04 bits per heavy atom. The number of urea groups is 1. The molecule has 6 heteroatoms. The van der Waals surface area contributed by atoms with Crippen molar-refractivity contribution in [2.75, 3.05) is 50.6 Å². The number of amides is 2. The van der Waals surface area contributed by atoms with Crippen LogP contribution in [0, 0.1) is 0 Å². The van der Waals surface area contributed by atoms with E-state index in [1.54, 1.807) is 32.4 Å². The van der Waals surface area contributed by atoms with Gasteiger partial charge in [-0.05, 0) is 30.2 Å². The Hall–Kier alpha value is -2.89. The van der Waals surface area contributed by atoms with Crippen molar-refractivity contribution in [1.82, 2.24) is 4.90 Å². The summed E-state index contributed by atoms with van der Waals surface area (Å²) in [6.45, 7) is 5.16. The summed E-state index contributed by atoms with van der Waals surface area (Å²) in [6, 6.07) is 13.7. The van der Waals surface area contributed by atoms with E-state index in [1.807, 2.05) is 4.90 Å². The van der Waals surface area contributed by atoms with E-state index >= 15 is 0 Å². The van der Waals surface area contributed by atoms with Crippen molar-refractivity contribution in [3.05, 3.63) is 48.0 Å². The summed E-state index contributed by atoms with van der Waals surface area (Å²) in [5, 5.41) is 2.95. The van der Waals surface area contributed by atoms with Gasteiger partial charge in [0, 0.05) is 37.9 Å². The highest BCUT2D eigenvalue weighted by atomic mass is 16.5. The van der Waals surface area contributed by atoms with Crippen LogP contribution in [-0.4, -0.2) is 51.3 Å². The second-order valence-electron chi connectivity index (χ2n) is 6.45. The minimum atomic E-state index is -0.120. The van der Waals surface area contributed by atoms with Crippen LogP contribution in [0.2, 0.25) is 0 Å². The van der Waals surface area contributed by atoms with Crippen molar-refractivity contribution in [2.24, 2.45) is 0 Å². The second-order valence-corrected chi connectivity index (χ2v) is 6.45. The molecule has 0 unspecified atom stereocenters. The normalized spacial score (nSPS) is 14.0. The average Bonchev–Trinajstić information content (AvgIpc) is 2.73. The number of hydrogen-bond donors (Lipinski definition) is 1. The first-order valence-corrected chi connectivity index (χ1v) is 9.27. The zero-order chi connectivity index (χ0) is 19.2. The van der Waals surface area contributed by atoms with Gasteiger partial charge in [-0.15, -0.1) is 0 Å². The Kier molecular flexibility index (Phi) is 6.06. The predicted octanol–water partition coefficient (Wildman–Crippen LogP) is 3.62. The standard InChI is InChI=1S/C21H27N3O3/c1-4-16-7-5-6-8-19(16)23-11-13-24(14-12-23)21(25)22-18-15-17(26-2)9-10-20(18)27-3/h5-10,15H,4,11-14H2,1-3H3,(H,22,25). The Balaban J connectivity index is 1.64. The molecule has 144 valence electrons. The lowest BCUT2D eigenvalue weighted by molar-refractivity contribution is 0.208. The molecule has 0 atom stereocenters. The van der Waals surface area contributed by atoms with Gasteiger partial charge in [-0.1, -0.05) is 25.1 Å². The number of para-hydroxylation sites is 1. The molecule has 2 amide bonds. The molecule has 2 aromatic rings. The van der Waals surface area contributed by atoms with E-state index in [9.17, 15) is 4.79 Å². The third kappa shape index (κ3) is 4.27. The molecule has 1 fully saturated rings. The molecule has 1 aliphatic heterocycles. The van der Waals surface area contributed by atoms with Crippen LogP contribution >= 0.6 is 0 Å². The summed E-state index contributed by atoms with van der Waals surface area (Å²) >= 11 is 0. The monoisotopic (exact) mass is 369 g/mol. The van der Waals surface area contributed by atoms with Crippen molar-refractivity contribution in [3.8, 4) is 11.5 Å². The molecule has 0 saturated carbocycles. The van der Waals surface area contributed by atoms with Crippen LogP contribution in [0.4, 0.5) is 16.2 Å². The molecule has 0 radical (unpaired) electrons. The lowest BCUT2D eigenvalue weighted by Gasteiger charge is -2.37. The van der Waals surface area contributed by atoms with Crippen LogP contribution in [0.15, 0.2) is 42.5 Å². The van der Waals surface area contributed by atoms with Gasteiger partial charge in [0.15, 0.2) is 0 Å². The maximum atomic E-state index is 12.7. The first kappa shape index (κ1) is 18.9. The number of methoxy groups -OCH3 is 2. The summed E-state index contributed by atoms with van der Waals surface area (Å²) in [6.07, 6.45) is 1.01. The van der Waals surface area contributed by atoms with Crippen molar-refractivity contribution in [1.29, 1.82) is 0 Å². The summed E-state index contributed by atoms with van der Waals surface area (Å²) in [5.41, 5.74) is 3.23. The predicted molar refractivity (Wildman–Crippen MR) is 108 cm³/mol. The van der Waals surface area contributed by atoms with Gasteiger partial charge in [0.2, 0.25) is 0 Å². The Morgan fingerprint density at radius 3 is 2.44 bits per heavy atom. The fourth-order valence-electron chi connectivity index (χ4n) is 3.37. The third-order valence-corrected chi connectivity index (χ3v) is 4.93. The van der Waals surface area contributed by atoms with Crippen molar-refractivity contribution < 1.29 is 14.3 Å². The van der Waals surface area contributed by atoms with E-state index in [1.165, 1.54) is 11.3 Å². The molecule has 1 N–H and O–H groups in total. The third-order valence-electron chi connectivity index (χ3n) is 4.93. The highest BCUT2D eigenvalue weighted by Gasteiger charge is 2.23. The Labute approximate surface area is 160 Å². The van der Waals surface area contributed by atoms with E-state index < -0.39 is 0 Å². The topological polar surface area (TPSA) is 54.0 Å². The van der Waals surface area contributed by atoms with Crippen molar-refractivity contribution in [2.45, 2.75) is 13.3 Å². The molecular formula is C21H27N3O3. The van der Waals surface area contributed by atoms with E-state index in [2.05, 4.69) is 41.4 Å². The number of nitrogens with one attached hydrogen (secondary N) is 1. The molecule has 27 heavy (non-hydrogen) atoms. The number of hydrogen-bond acceptors (Lipinski definition) is 4. The number of piperazine rings is 1. The second kappa shape index (κ2) is 8.66. The summed E-state index contributed by atoms with van der Waals surface area (Å²) < 4.78 is 10.6. The molecule has 1 aliphatic rings. The van der Waals surface area contributed by atoms with E-state index in [4.69, 9.17) is 9.47 Å². The molecule has 0 aliphatic carbocycles. The van der Waals surface area contributed by atoms with Gasteiger partial charge in [-0.2, -0.15) is 0 Å². The van der Waals surface area contributed by atoms with Crippen LogP contribution in [-0.2, 0) is 6.42 Å². The Morgan fingerprint density at radius 2 is 1.78 bits per heavy atom. The van der Waals surface area contributed by atoms with Crippen LogP contribution in [0.1, 0.15) is 12.5 Å². The first-order chi connectivity index (χ1) is 13.2. The van der Waals surface area contributed by atoms with E-state index in [-0.39, 0.29) is 6.03 Å².